The molecular formula is C24H35N5O5. The number of nitrogens with zero attached hydrogens (tertiary/aromatic N) is 4. The topological polar surface area (TPSA) is 108 Å². The monoisotopic (exact) mass is 473 g/mol. The number of amides is 1. The highest BCUT2D eigenvalue weighted by molar-refractivity contribution is 5.70. The third kappa shape index (κ3) is 8.11. The minimum absolute atomic E-state index is 0.00294. The summed E-state index contributed by atoms with van der Waals surface area (Å²) in [5, 5.41) is 11.7. The van der Waals surface area contributed by atoms with Gasteiger partial charge in [0.05, 0.1) is 25.5 Å². The second kappa shape index (κ2) is 12.5. The van der Waals surface area contributed by atoms with E-state index >= 15 is 0 Å². The van der Waals surface area contributed by atoms with E-state index in [0.29, 0.717) is 50.5 Å². The van der Waals surface area contributed by atoms with Gasteiger partial charge in [0.1, 0.15) is 18.1 Å². The van der Waals surface area contributed by atoms with E-state index in [1.54, 1.807) is 23.9 Å². The number of benzene rings is 1. The van der Waals surface area contributed by atoms with Crippen molar-refractivity contribution in [2.24, 2.45) is 5.92 Å². The van der Waals surface area contributed by atoms with Crippen LogP contribution in [0.4, 0.5) is 4.79 Å². The number of hydrogen-bond donors (Lipinski definition) is 1. The molecule has 0 saturated carbocycles. The standard InChI is InChI=1S/C24H35N5O5/c1-17-7-9-21(10-8-17)34-24(31)28(4)14-22-18(2)12-25-19(3)15-33-23(30)6-5-11-29-13-20(16-32-22)26-27-29/h7-10,13,18-19,22,25H,5-6,11-12,14-16H2,1-4H3/t18-,19-,22-/m1/s1. The van der Waals surface area contributed by atoms with Crippen LogP contribution in [0.3, 0.4) is 0 Å². The highest BCUT2D eigenvalue weighted by Gasteiger charge is 2.24. The van der Waals surface area contributed by atoms with Crippen molar-refractivity contribution in [3.05, 3.63) is 41.7 Å². The molecule has 2 bridgehead atoms. The Morgan fingerprint density at radius 1 is 1.29 bits per heavy atom. The Hall–Kier alpha value is -2.98. The van der Waals surface area contributed by atoms with Gasteiger partial charge < -0.3 is 24.4 Å². The molecule has 3 atom stereocenters. The minimum Gasteiger partial charge on any atom is -0.464 e. The molecule has 0 aliphatic carbocycles. The average molecular weight is 474 g/mol. The maximum absolute atomic E-state index is 12.7. The van der Waals surface area contributed by atoms with Gasteiger partial charge in [-0.15, -0.1) is 5.10 Å². The summed E-state index contributed by atoms with van der Waals surface area (Å²) in [7, 11) is 1.69. The number of aromatic nitrogens is 3. The quantitative estimate of drug-likeness (QED) is 0.678. The minimum atomic E-state index is -0.453. The summed E-state index contributed by atoms with van der Waals surface area (Å²) < 4.78 is 18.8. The number of carbonyl (C=O) groups excluding carboxylic acids is 2. The van der Waals surface area contributed by atoms with Crippen molar-refractivity contribution >= 4 is 12.1 Å². The van der Waals surface area contributed by atoms with E-state index in [-0.39, 0.29) is 30.6 Å². The molecule has 2 heterocycles. The number of hydrogen-bond acceptors (Lipinski definition) is 8. The molecule has 1 aromatic carbocycles. The summed E-state index contributed by atoms with van der Waals surface area (Å²) >= 11 is 0. The number of likely N-dealkylation sites (N-methyl/N-ethyl adjacent to an activating group) is 1. The van der Waals surface area contributed by atoms with Gasteiger partial charge in [0, 0.05) is 32.6 Å². The average Bonchev–Trinajstić information content (AvgIpc) is 3.27. The SMILES string of the molecule is Cc1ccc(OC(=O)N(C)C[C@H]2OCc3cn(nn3)CCCC(=O)OC[C@@H](C)NC[C@H]2C)cc1. The van der Waals surface area contributed by atoms with Crippen LogP contribution in [0.1, 0.15) is 37.9 Å². The van der Waals surface area contributed by atoms with Gasteiger partial charge in [-0.2, -0.15) is 0 Å². The van der Waals surface area contributed by atoms with Crippen LogP contribution < -0.4 is 10.1 Å². The smallest absolute Gasteiger partial charge is 0.415 e. The summed E-state index contributed by atoms with van der Waals surface area (Å²) in [6.07, 6.45) is 2.04. The maximum atomic E-state index is 12.7. The second-order valence-corrected chi connectivity index (χ2v) is 8.96. The summed E-state index contributed by atoms with van der Waals surface area (Å²) in [6.45, 7) is 8.10. The first-order chi connectivity index (χ1) is 16.3. The molecule has 34 heavy (non-hydrogen) atoms. The van der Waals surface area contributed by atoms with Crippen LogP contribution in [-0.4, -0.2) is 70.8 Å². The Balaban J connectivity index is 1.65. The molecule has 0 unspecified atom stereocenters. The Bertz CT molecular complexity index is 932. The van der Waals surface area contributed by atoms with Gasteiger partial charge in [0.25, 0.3) is 0 Å². The second-order valence-electron chi connectivity index (χ2n) is 8.96. The number of ether oxygens (including phenoxy) is 3. The third-order valence-electron chi connectivity index (χ3n) is 5.71. The van der Waals surface area contributed by atoms with E-state index in [2.05, 4.69) is 22.6 Å². The van der Waals surface area contributed by atoms with Crippen molar-refractivity contribution < 1.29 is 23.8 Å². The molecule has 2 aromatic rings. The van der Waals surface area contributed by atoms with E-state index in [0.717, 1.165) is 5.56 Å². The molecule has 0 spiro atoms. The fourth-order valence-electron chi connectivity index (χ4n) is 3.49. The molecule has 3 rings (SSSR count). The van der Waals surface area contributed by atoms with Crippen LogP contribution in [-0.2, 0) is 27.4 Å². The van der Waals surface area contributed by atoms with E-state index in [9.17, 15) is 9.59 Å². The van der Waals surface area contributed by atoms with Crippen LogP contribution in [0.25, 0.3) is 0 Å². The maximum Gasteiger partial charge on any atom is 0.415 e. The van der Waals surface area contributed by atoms with Crippen molar-refractivity contribution in [2.75, 3.05) is 26.7 Å². The summed E-state index contributed by atoms with van der Waals surface area (Å²) in [5.74, 6) is 0.329. The molecule has 1 N–H and O–H groups in total. The first kappa shape index (κ1) is 25.6. The number of cyclic esters (lactones) is 1. The van der Waals surface area contributed by atoms with E-state index in [1.165, 1.54) is 4.90 Å². The lowest BCUT2D eigenvalue weighted by Crippen LogP contribution is -2.44. The molecule has 1 aliphatic heterocycles. The van der Waals surface area contributed by atoms with E-state index in [1.807, 2.05) is 32.2 Å². The molecule has 1 aromatic heterocycles. The van der Waals surface area contributed by atoms with Gasteiger partial charge in [0.2, 0.25) is 0 Å². The van der Waals surface area contributed by atoms with Crippen LogP contribution in [0.5, 0.6) is 5.75 Å². The normalized spacial score (nSPS) is 22.6. The summed E-state index contributed by atoms with van der Waals surface area (Å²) in [5.41, 5.74) is 1.79. The van der Waals surface area contributed by atoms with Crippen molar-refractivity contribution in [3.63, 3.8) is 0 Å². The molecule has 10 nitrogen and oxygen atoms in total. The van der Waals surface area contributed by atoms with Gasteiger partial charge in [-0.3, -0.25) is 9.48 Å². The predicted molar refractivity (Wildman–Crippen MR) is 125 cm³/mol. The Kier molecular flexibility index (Phi) is 9.41. The first-order valence-corrected chi connectivity index (χ1v) is 11.7. The Morgan fingerprint density at radius 3 is 2.82 bits per heavy atom. The van der Waals surface area contributed by atoms with Crippen molar-refractivity contribution in [2.45, 2.75) is 58.9 Å². The van der Waals surface area contributed by atoms with Crippen molar-refractivity contribution in [3.8, 4) is 5.75 Å². The predicted octanol–water partition coefficient (Wildman–Crippen LogP) is 2.55. The van der Waals surface area contributed by atoms with Gasteiger partial charge in [-0.05, 0) is 38.3 Å². The number of nitrogens with one attached hydrogen (secondary N) is 1. The number of esters is 1. The molecule has 0 radical (unpaired) electrons. The van der Waals surface area contributed by atoms with Crippen molar-refractivity contribution in [1.29, 1.82) is 0 Å². The van der Waals surface area contributed by atoms with Gasteiger partial charge >= 0.3 is 12.1 Å². The molecule has 186 valence electrons. The molecule has 1 aliphatic rings. The molecule has 0 fully saturated rings. The lowest BCUT2D eigenvalue weighted by atomic mass is 10.0. The summed E-state index contributed by atoms with van der Waals surface area (Å²) in [4.78, 5) is 26.1. The lowest BCUT2D eigenvalue weighted by molar-refractivity contribution is -0.144. The number of aryl methyl sites for hydroxylation is 2. The fraction of sp³-hybridized carbons (Fsp3) is 0.583. The van der Waals surface area contributed by atoms with Crippen LogP contribution in [0, 0.1) is 12.8 Å². The van der Waals surface area contributed by atoms with Crippen LogP contribution >= 0.6 is 0 Å². The van der Waals surface area contributed by atoms with Crippen molar-refractivity contribution in [1.82, 2.24) is 25.2 Å². The van der Waals surface area contributed by atoms with Gasteiger partial charge in [-0.25, -0.2) is 4.79 Å². The summed E-state index contributed by atoms with van der Waals surface area (Å²) in [6, 6.07) is 7.33. The van der Waals surface area contributed by atoms with E-state index in [4.69, 9.17) is 14.2 Å². The Labute approximate surface area is 200 Å². The van der Waals surface area contributed by atoms with Gasteiger partial charge in [0.15, 0.2) is 0 Å². The number of rotatable bonds is 3. The molecule has 1 amide bonds. The first-order valence-electron chi connectivity index (χ1n) is 11.7. The van der Waals surface area contributed by atoms with Gasteiger partial charge in [-0.1, -0.05) is 29.8 Å². The highest BCUT2D eigenvalue weighted by Crippen LogP contribution is 2.15. The third-order valence-corrected chi connectivity index (χ3v) is 5.71. The highest BCUT2D eigenvalue weighted by atomic mass is 16.6. The molecule has 10 heteroatoms. The lowest BCUT2D eigenvalue weighted by Gasteiger charge is -2.29. The zero-order valence-corrected chi connectivity index (χ0v) is 20.4. The van der Waals surface area contributed by atoms with Crippen LogP contribution in [0.2, 0.25) is 0 Å². The van der Waals surface area contributed by atoms with E-state index < -0.39 is 6.09 Å². The fourth-order valence-corrected chi connectivity index (χ4v) is 3.49. The molecular weight excluding hydrogens is 438 g/mol. The van der Waals surface area contributed by atoms with Crippen LogP contribution in [0.15, 0.2) is 30.5 Å². The zero-order valence-electron chi connectivity index (χ0n) is 20.4. The molecule has 0 saturated heterocycles. The zero-order chi connectivity index (χ0) is 24.5. The Morgan fingerprint density at radius 2 is 2.06 bits per heavy atom. The number of carbonyl (C=O) groups is 2. The largest absolute Gasteiger partial charge is 0.464 e. The number of fused-ring (bicyclic) bond motifs is 2.